The second kappa shape index (κ2) is 13.5. The lowest BCUT2D eigenvalue weighted by Crippen LogP contribution is -2.51. The van der Waals surface area contributed by atoms with Crippen LogP contribution in [-0.2, 0) is 26.2 Å². The number of halogens is 1. The van der Waals surface area contributed by atoms with Gasteiger partial charge in [-0.2, -0.15) is 0 Å². The Balaban J connectivity index is 2.10. The van der Waals surface area contributed by atoms with E-state index in [1.807, 2.05) is 31.2 Å². The maximum Gasteiger partial charge on any atom is 0.264 e. The molecule has 2 amide bonds. The monoisotopic (exact) mass is 587 g/mol. The van der Waals surface area contributed by atoms with Crippen LogP contribution in [0.15, 0.2) is 71.6 Å². The van der Waals surface area contributed by atoms with Crippen molar-refractivity contribution in [2.45, 2.75) is 37.8 Å². The fourth-order valence-corrected chi connectivity index (χ4v) is 5.85. The zero-order valence-corrected chi connectivity index (χ0v) is 24.8. The van der Waals surface area contributed by atoms with Crippen LogP contribution in [0.2, 0.25) is 5.02 Å². The summed E-state index contributed by atoms with van der Waals surface area (Å²) in [5.74, 6) is -0.308. The van der Waals surface area contributed by atoms with E-state index in [0.29, 0.717) is 17.2 Å². The van der Waals surface area contributed by atoms with Crippen molar-refractivity contribution in [3.63, 3.8) is 0 Å². The van der Waals surface area contributed by atoms with Gasteiger partial charge in [-0.3, -0.25) is 13.9 Å². The third-order valence-electron chi connectivity index (χ3n) is 6.57. The summed E-state index contributed by atoms with van der Waals surface area (Å²) in [6.07, 6.45) is 0.334. The molecule has 214 valence electrons. The molecule has 3 rings (SSSR count). The standard InChI is InChI=1S/C29H34ClN3O6S/c1-6-25(29(35)31-3)32(18-21-10-8-7-9-20(21)2)28(34)19-33(23-13-11-22(30)12-14-23)40(36,37)24-15-16-26(38-4)27(17-24)39-5/h7-17,25H,6,18-19H2,1-5H3,(H,31,35)/t25-/m0/s1. The van der Waals surface area contributed by atoms with E-state index in [9.17, 15) is 18.0 Å². The van der Waals surface area contributed by atoms with Crippen molar-refractivity contribution < 1.29 is 27.5 Å². The molecule has 40 heavy (non-hydrogen) atoms. The van der Waals surface area contributed by atoms with E-state index in [1.165, 1.54) is 56.5 Å². The maximum atomic E-state index is 14.0. The minimum Gasteiger partial charge on any atom is -0.493 e. The number of amides is 2. The number of nitrogens with zero attached hydrogens (tertiary/aromatic N) is 2. The summed E-state index contributed by atoms with van der Waals surface area (Å²) < 4.78 is 39.6. The highest BCUT2D eigenvalue weighted by molar-refractivity contribution is 7.92. The van der Waals surface area contributed by atoms with Gasteiger partial charge in [0.05, 0.1) is 24.8 Å². The lowest BCUT2D eigenvalue weighted by molar-refractivity contribution is -0.140. The first-order valence-electron chi connectivity index (χ1n) is 12.6. The van der Waals surface area contributed by atoms with Gasteiger partial charge >= 0.3 is 0 Å². The first-order chi connectivity index (χ1) is 19.1. The highest BCUT2D eigenvalue weighted by Crippen LogP contribution is 2.33. The Bertz CT molecular complexity index is 1450. The normalized spacial score (nSPS) is 11.8. The lowest BCUT2D eigenvalue weighted by Gasteiger charge is -2.33. The van der Waals surface area contributed by atoms with Gasteiger partial charge in [-0.15, -0.1) is 0 Å². The van der Waals surface area contributed by atoms with Gasteiger partial charge in [0.1, 0.15) is 12.6 Å². The molecule has 1 N–H and O–H groups in total. The van der Waals surface area contributed by atoms with Crippen molar-refractivity contribution in [2.24, 2.45) is 0 Å². The Kier molecular flexibility index (Phi) is 10.4. The number of benzene rings is 3. The number of carbonyl (C=O) groups is 2. The average molecular weight is 588 g/mol. The highest BCUT2D eigenvalue weighted by atomic mass is 35.5. The van der Waals surface area contributed by atoms with Crippen LogP contribution in [0.3, 0.4) is 0 Å². The molecule has 0 unspecified atom stereocenters. The number of carbonyl (C=O) groups excluding carboxylic acids is 2. The number of ether oxygens (including phenoxy) is 2. The summed E-state index contributed by atoms with van der Waals surface area (Å²) in [6.45, 7) is 3.29. The number of anilines is 1. The number of hydrogen-bond acceptors (Lipinski definition) is 6. The van der Waals surface area contributed by atoms with Gasteiger partial charge in [-0.25, -0.2) is 8.42 Å². The van der Waals surface area contributed by atoms with E-state index in [4.69, 9.17) is 21.1 Å². The average Bonchev–Trinajstić information content (AvgIpc) is 2.96. The minimum atomic E-state index is -4.29. The summed E-state index contributed by atoms with van der Waals surface area (Å²) >= 11 is 6.08. The van der Waals surface area contributed by atoms with Crippen LogP contribution >= 0.6 is 11.6 Å². The zero-order chi connectivity index (χ0) is 29.4. The van der Waals surface area contributed by atoms with Gasteiger partial charge < -0.3 is 19.7 Å². The van der Waals surface area contributed by atoms with E-state index in [-0.39, 0.29) is 28.8 Å². The van der Waals surface area contributed by atoms with Crippen LogP contribution in [0.4, 0.5) is 5.69 Å². The summed E-state index contributed by atoms with van der Waals surface area (Å²) in [5, 5.41) is 3.03. The molecule has 0 aliphatic carbocycles. The van der Waals surface area contributed by atoms with Gasteiger partial charge in [0.25, 0.3) is 10.0 Å². The molecule has 0 aliphatic rings. The largest absolute Gasteiger partial charge is 0.493 e. The Morgan fingerprint density at radius 1 is 0.975 bits per heavy atom. The number of likely N-dealkylation sites (N-methyl/N-ethyl adjacent to an activating group) is 1. The number of hydrogen-bond donors (Lipinski definition) is 1. The molecule has 3 aromatic rings. The molecule has 0 saturated heterocycles. The van der Waals surface area contributed by atoms with E-state index < -0.39 is 28.5 Å². The van der Waals surface area contributed by atoms with Crippen molar-refractivity contribution >= 4 is 39.1 Å². The minimum absolute atomic E-state index is 0.100. The molecule has 11 heteroatoms. The van der Waals surface area contributed by atoms with Crippen molar-refractivity contribution in [3.8, 4) is 11.5 Å². The molecule has 0 radical (unpaired) electrons. The number of nitrogens with one attached hydrogen (secondary N) is 1. The van der Waals surface area contributed by atoms with Gasteiger partial charge in [-0.05, 0) is 60.9 Å². The van der Waals surface area contributed by atoms with Gasteiger partial charge in [0.15, 0.2) is 11.5 Å². The van der Waals surface area contributed by atoms with Crippen LogP contribution in [0.5, 0.6) is 11.5 Å². The van der Waals surface area contributed by atoms with Crippen LogP contribution < -0.4 is 19.1 Å². The number of aryl methyl sites for hydroxylation is 1. The molecule has 9 nitrogen and oxygen atoms in total. The number of sulfonamides is 1. The Morgan fingerprint density at radius 2 is 1.62 bits per heavy atom. The quantitative estimate of drug-likeness (QED) is 0.336. The second-order valence-electron chi connectivity index (χ2n) is 8.99. The SMILES string of the molecule is CC[C@@H](C(=O)NC)N(Cc1ccccc1C)C(=O)CN(c1ccc(Cl)cc1)S(=O)(=O)c1ccc(OC)c(OC)c1. The summed E-state index contributed by atoms with van der Waals surface area (Å²) in [7, 11) is 0.0706. The van der Waals surface area contributed by atoms with Crippen LogP contribution in [0.1, 0.15) is 24.5 Å². The first-order valence-corrected chi connectivity index (χ1v) is 14.4. The third-order valence-corrected chi connectivity index (χ3v) is 8.59. The van der Waals surface area contributed by atoms with Crippen LogP contribution in [-0.4, -0.2) is 59.0 Å². The molecule has 0 saturated carbocycles. The Hall–Kier alpha value is -3.76. The molecule has 0 aliphatic heterocycles. The zero-order valence-electron chi connectivity index (χ0n) is 23.2. The van der Waals surface area contributed by atoms with Crippen molar-refractivity contribution in [1.82, 2.24) is 10.2 Å². The van der Waals surface area contributed by atoms with E-state index in [2.05, 4.69) is 5.32 Å². The smallest absolute Gasteiger partial charge is 0.264 e. The first kappa shape index (κ1) is 30.8. The third kappa shape index (κ3) is 6.86. The van der Waals surface area contributed by atoms with E-state index >= 15 is 0 Å². The van der Waals surface area contributed by atoms with Crippen molar-refractivity contribution in [3.05, 3.63) is 82.9 Å². The molecule has 3 aromatic carbocycles. The fraction of sp³-hybridized carbons (Fsp3) is 0.310. The van der Waals surface area contributed by atoms with E-state index in [1.54, 1.807) is 19.1 Å². The molecule has 0 heterocycles. The van der Waals surface area contributed by atoms with Crippen molar-refractivity contribution in [1.29, 1.82) is 0 Å². The topological polar surface area (TPSA) is 105 Å². The Labute approximate surface area is 240 Å². The molecule has 0 fully saturated rings. The molecule has 0 bridgehead atoms. The van der Waals surface area contributed by atoms with Gasteiger partial charge in [0.2, 0.25) is 11.8 Å². The molecule has 0 aromatic heterocycles. The predicted molar refractivity (Wildman–Crippen MR) is 155 cm³/mol. The lowest BCUT2D eigenvalue weighted by atomic mass is 10.1. The summed E-state index contributed by atoms with van der Waals surface area (Å²) in [6, 6.07) is 17.1. The number of methoxy groups -OCH3 is 2. The van der Waals surface area contributed by atoms with E-state index in [0.717, 1.165) is 15.4 Å². The molecule has 1 atom stereocenters. The molecular formula is C29H34ClN3O6S. The van der Waals surface area contributed by atoms with Crippen LogP contribution in [0, 0.1) is 6.92 Å². The maximum absolute atomic E-state index is 14.0. The molecular weight excluding hydrogens is 554 g/mol. The molecule has 0 spiro atoms. The highest BCUT2D eigenvalue weighted by Gasteiger charge is 2.34. The Morgan fingerprint density at radius 3 is 2.20 bits per heavy atom. The number of rotatable bonds is 12. The summed E-state index contributed by atoms with van der Waals surface area (Å²) in [4.78, 5) is 28.2. The predicted octanol–water partition coefficient (Wildman–Crippen LogP) is 4.41. The van der Waals surface area contributed by atoms with Crippen LogP contribution in [0.25, 0.3) is 0 Å². The fourth-order valence-electron chi connectivity index (χ4n) is 4.30. The van der Waals surface area contributed by atoms with Gasteiger partial charge in [0, 0.05) is 24.7 Å². The van der Waals surface area contributed by atoms with Gasteiger partial charge in [-0.1, -0.05) is 42.8 Å². The summed E-state index contributed by atoms with van der Waals surface area (Å²) in [5.41, 5.74) is 2.02. The second-order valence-corrected chi connectivity index (χ2v) is 11.3. The van der Waals surface area contributed by atoms with Crippen molar-refractivity contribution in [2.75, 3.05) is 32.1 Å².